The lowest BCUT2D eigenvalue weighted by atomic mass is 10.2. The number of nitrogens with zero attached hydrogens (tertiary/aromatic N) is 5. The zero-order valence-electron chi connectivity index (χ0n) is 13.0. The molecule has 4 aromatic rings. The second kappa shape index (κ2) is 6.45. The first-order valence-electron chi connectivity index (χ1n) is 7.80. The van der Waals surface area contributed by atoms with E-state index in [4.69, 9.17) is 0 Å². The Morgan fingerprint density at radius 3 is 2.62 bits per heavy atom. The highest BCUT2D eigenvalue weighted by atomic mass is 15.3. The fourth-order valence-electron chi connectivity index (χ4n) is 2.60. The number of aromatic nitrogens is 5. The fraction of sp³-hybridized carbons (Fsp3) is 0.111. The summed E-state index contributed by atoms with van der Waals surface area (Å²) in [5.41, 5.74) is 2.82. The summed E-state index contributed by atoms with van der Waals surface area (Å²) in [5, 5.41) is 8.72. The van der Waals surface area contributed by atoms with Crippen molar-refractivity contribution in [2.75, 3.05) is 11.9 Å². The van der Waals surface area contributed by atoms with Crippen molar-refractivity contribution in [1.29, 1.82) is 0 Å². The van der Waals surface area contributed by atoms with Crippen LogP contribution in [-0.4, -0.2) is 31.3 Å². The molecule has 3 aromatic heterocycles. The smallest absolute Gasteiger partial charge is 0.168 e. The molecule has 0 bridgehead atoms. The zero-order chi connectivity index (χ0) is 16.2. The lowest BCUT2D eigenvalue weighted by Gasteiger charge is -2.06. The molecule has 0 radical (unpaired) electrons. The molecule has 0 unspecified atom stereocenters. The van der Waals surface area contributed by atoms with Gasteiger partial charge in [-0.25, -0.2) is 14.6 Å². The van der Waals surface area contributed by atoms with E-state index < -0.39 is 0 Å². The van der Waals surface area contributed by atoms with Crippen molar-refractivity contribution in [3.63, 3.8) is 0 Å². The highest BCUT2D eigenvalue weighted by Crippen LogP contribution is 2.21. The quantitative estimate of drug-likeness (QED) is 0.613. The van der Waals surface area contributed by atoms with Gasteiger partial charge < -0.3 is 5.32 Å². The molecule has 0 fully saturated rings. The van der Waals surface area contributed by atoms with Crippen molar-refractivity contribution in [2.24, 2.45) is 0 Å². The van der Waals surface area contributed by atoms with Crippen molar-refractivity contribution in [2.45, 2.75) is 6.42 Å². The van der Waals surface area contributed by atoms with Gasteiger partial charge in [-0.15, -0.1) is 0 Å². The number of para-hydroxylation sites is 1. The summed E-state index contributed by atoms with van der Waals surface area (Å²) < 4.78 is 1.82. The molecule has 0 aliphatic heterocycles. The van der Waals surface area contributed by atoms with E-state index in [0.717, 1.165) is 41.2 Å². The maximum Gasteiger partial charge on any atom is 0.168 e. The van der Waals surface area contributed by atoms with Crippen molar-refractivity contribution in [1.82, 2.24) is 24.7 Å². The predicted octanol–water partition coefficient (Wildman–Crippen LogP) is 2.87. The van der Waals surface area contributed by atoms with Crippen molar-refractivity contribution in [3.05, 3.63) is 72.9 Å². The Morgan fingerprint density at radius 1 is 0.917 bits per heavy atom. The van der Waals surface area contributed by atoms with Gasteiger partial charge in [-0.05, 0) is 24.3 Å². The Hall–Kier alpha value is -3.28. The van der Waals surface area contributed by atoms with Crippen LogP contribution < -0.4 is 5.32 Å². The maximum absolute atomic E-state index is 4.45. The van der Waals surface area contributed by atoms with Crippen LogP contribution in [0.4, 0.5) is 5.82 Å². The summed E-state index contributed by atoms with van der Waals surface area (Å²) in [6, 6.07) is 15.9. The van der Waals surface area contributed by atoms with Crippen LogP contribution in [0.1, 0.15) is 5.69 Å². The molecule has 24 heavy (non-hydrogen) atoms. The van der Waals surface area contributed by atoms with Gasteiger partial charge in [0.15, 0.2) is 5.65 Å². The number of rotatable bonds is 5. The Bertz CT molecular complexity index is 934. The lowest BCUT2D eigenvalue weighted by molar-refractivity contribution is 0.894. The molecule has 6 heteroatoms. The number of pyridine rings is 1. The summed E-state index contributed by atoms with van der Waals surface area (Å²) in [5.74, 6) is 0.790. The largest absolute Gasteiger partial charge is 0.369 e. The van der Waals surface area contributed by atoms with Crippen LogP contribution in [0.5, 0.6) is 0 Å². The van der Waals surface area contributed by atoms with Gasteiger partial charge in [0.05, 0.1) is 17.3 Å². The molecule has 0 atom stereocenters. The van der Waals surface area contributed by atoms with Crippen LogP contribution in [0.2, 0.25) is 0 Å². The Kier molecular flexibility index (Phi) is 3.85. The number of hydrogen-bond acceptors (Lipinski definition) is 5. The third-order valence-electron chi connectivity index (χ3n) is 3.77. The molecule has 4 rings (SSSR count). The summed E-state index contributed by atoms with van der Waals surface area (Å²) >= 11 is 0. The van der Waals surface area contributed by atoms with E-state index in [2.05, 4.69) is 25.4 Å². The molecule has 0 saturated carbocycles. The average molecular weight is 316 g/mol. The van der Waals surface area contributed by atoms with E-state index in [1.54, 1.807) is 12.5 Å². The van der Waals surface area contributed by atoms with E-state index in [0.29, 0.717) is 0 Å². The molecular formula is C18H16N6. The highest BCUT2D eigenvalue weighted by molar-refractivity contribution is 5.87. The topological polar surface area (TPSA) is 68.5 Å². The van der Waals surface area contributed by atoms with E-state index in [9.17, 15) is 0 Å². The van der Waals surface area contributed by atoms with Crippen LogP contribution in [0.15, 0.2) is 67.3 Å². The highest BCUT2D eigenvalue weighted by Gasteiger charge is 2.10. The van der Waals surface area contributed by atoms with Crippen LogP contribution >= 0.6 is 0 Å². The van der Waals surface area contributed by atoms with E-state index in [1.807, 2.05) is 59.4 Å². The standard InChI is InChI=1S/C18H16N6/c1-2-7-15(8-3-1)24-18-16(12-23-24)17(21-13-22-18)20-11-9-14-6-4-5-10-19-14/h1-8,10,12-13H,9,11H2,(H,20,21,22). The van der Waals surface area contributed by atoms with Crippen LogP contribution in [-0.2, 0) is 6.42 Å². The normalized spacial score (nSPS) is 10.8. The molecule has 0 aliphatic rings. The molecule has 6 nitrogen and oxygen atoms in total. The number of nitrogens with one attached hydrogen (secondary N) is 1. The van der Waals surface area contributed by atoms with Crippen molar-refractivity contribution < 1.29 is 0 Å². The monoisotopic (exact) mass is 316 g/mol. The SMILES string of the molecule is c1ccc(-n2ncc3c(NCCc4ccccn4)ncnc32)cc1. The van der Waals surface area contributed by atoms with Gasteiger partial charge in [-0.2, -0.15) is 5.10 Å². The van der Waals surface area contributed by atoms with Gasteiger partial charge in [-0.3, -0.25) is 4.98 Å². The van der Waals surface area contributed by atoms with Gasteiger partial charge in [0.2, 0.25) is 0 Å². The molecular weight excluding hydrogens is 300 g/mol. The number of anilines is 1. The Balaban J connectivity index is 1.57. The molecule has 0 amide bonds. The molecule has 118 valence electrons. The lowest BCUT2D eigenvalue weighted by Crippen LogP contribution is -2.08. The average Bonchev–Trinajstić information content (AvgIpc) is 3.08. The first kappa shape index (κ1) is 14.3. The summed E-state index contributed by atoms with van der Waals surface area (Å²) in [4.78, 5) is 13.1. The van der Waals surface area contributed by atoms with Crippen LogP contribution in [0, 0.1) is 0 Å². The molecule has 1 aromatic carbocycles. The van der Waals surface area contributed by atoms with Gasteiger partial charge >= 0.3 is 0 Å². The Labute approximate surface area is 139 Å². The molecule has 1 N–H and O–H groups in total. The molecule has 3 heterocycles. The minimum absolute atomic E-state index is 0.750. The van der Waals surface area contributed by atoms with Gasteiger partial charge in [0.1, 0.15) is 12.1 Å². The van der Waals surface area contributed by atoms with Crippen molar-refractivity contribution in [3.8, 4) is 5.69 Å². The van der Waals surface area contributed by atoms with Crippen LogP contribution in [0.25, 0.3) is 16.7 Å². The molecule has 0 spiro atoms. The van der Waals surface area contributed by atoms with Gasteiger partial charge in [0.25, 0.3) is 0 Å². The summed E-state index contributed by atoms with van der Waals surface area (Å²) in [6.07, 6.45) is 6.00. The second-order valence-corrected chi connectivity index (χ2v) is 5.35. The van der Waals surface area contributed by atoms with E-state index >= 15 is 0 Å². The van der Waals surface area contributed by atoms with Crippen LogP contribution in [0.3, 0.4) is 0 Å². The minimum atomic E-state index is 0.750. The maximum atomic E-state index is 4.45. The summed E-state index contributed by atoms with van der Waals surface area (Å²) in [7, 11) is 0. The van der Waals surface area contributed by atoms with Crippen molar-refractivity contribution >= 4 is 16.9 Å². The van der Waals surface area contributed by atoms with E-state index in [-0.39, 0.29) is 0 Å². The van der Waals surface area contributed by atoms with E-state index in [1.165, 1.54) is 0 Å². The number of hydrogen-bond donors (Lipinski definition) is 1. The van der Waals surface area contributed by atoms with Gasteiger partial charge in [0, 0.05) is 24.9 Å². The second-order valence-electron chi connectivity index (χ2n) is 5.35. The fourth-order valence-corrected chi connectivity index (χ4v) is 2.60. The third kappa shape index (κ3) is 2.81. The zero-order valence-corrected chi connectivity index (χ0v) is 13.0. The molecule has 0 saturated heterocycles. The summed E-state index contributed by atoms with van der Waals surface area (Å²) in [6.45, 7) is 0.750. The first-order valence-corrected chi connectivity index (χ1v) is 7.80. The minimum Gasteiger partial charge on any atom is -0.369 e. The molecule has 0 aliphatic carbocycles. The first-order chi connectivity index (χ1) is 11.9. The number of fused-ring (bicyclic) bond motifs is 1. The number of benzene rings is 1. The van der Waals surface area contributed by atoms with Gasteiger partial charge in [-0.1, -0.05) is 24.3 Å². The third-order valence-corrected chi connectivity index (χ3v) is 3.77. The predicted molar refractivity (Wildman–Crippen MR) is 93.1 cm³/mol. The Morgan fingerprint density at radius 2 is 1.79 bits per heavy atom.